The molecular formula is C28H40O4. The number of hydrogen-bond acceptors (Lipinski definition) is 4. The third-order valence-electron chi connectivity index (χ3n) is 5.76. The van der Waals surface area contributed by atoms with Crippen molar-refractivity contribution in [3.8, 4) is 23.0 Å². The van der Waals surface area contributed by atoms with Gasteiger partial charge in [-0.1, -0.05) is 63.5 Å². The number of hydrogen-bond donors (Lipinski definition) is 0. The highest BCUT2D eigenvalue weighted by molar-refractivity contribution is 5.33. The molecule has 0 atom stereocenters. The smallest absolute Gasteiger partial charge is 0.122 e. The predicted molar refractivity (Wildman–Crippen MR) is 130 cm³/mol. The molecule has 0 aliphatic carbocycles. The van der Waals surface area contributed by atoms with E-state index in [0.717, 1.165) is 75.1 Å². The highest BCUT2D eigenvalue weighted by atomic mass is 16.5. The quantitative estimate of drug-likeness (QED) is 0.423. The summed E-state index contributed by atoms with van der Waals surface area (Å²) in [6.45, 7) is 3.08. The van der Waals surface area contributed by atoms with Crippen LogP contribution >= 0.6 is 0 Å². The zero-order valence-electron chi connectivity index (χ0n) is 19.6. The van der Waals surface area contributed by atoms with E-state index in [0.29, 0.717) is 0 Å². The van der Waals surface area contributed by atoms with Crippen LogP contribution in [0.15, 0.2) is 48.5 Å². The third kappa shape index (κ3) is 10.3. The SMILES string of the molecule is c1cc2cc(c1)OCCCCCCCCOc1cccc(c1)OCCCCCCCCO2. The van der Waals surface area contributed by atoms with E-state index in [4.69, 9.17) is 18.9 Å². The zero-order chi connectivity index (χ0) is 22.1. The van der Waals surface area contributed by atoms with Gasteiger partial charge >= 0.3 is 0 Å². The van der Waals surface area contributed by atoms with Gasteiger partial charge in [-0.05, 0) is 49.9 Å². The van der Waals surface area contributed by atoms with Crippen molar-refractivity contribution in [2.24, 2.45) is 0 Å². The Hall–Kier alpha value is -2.36. The van der Waals surface area contributed by atoms with Crippen LogP contribution in [-0.2, 0) is 0 Å². The lowest BCUT2D eigenvalue weighted by Crippen LogP contribution is -2.01. The summed E-state index contributed by atoms with van der Waals surface area (Å²) in [6.07, 6.45) is 14.2. The lowest BCUT2D eigenvalue weighted by Gasteiger charge is -2.11. The van der Waals surface area contributed by atoms with Crippen LogP contribution in [0.3, 0.4) is 0 Å². The van der Waals surface area contributed by atoms with E-state index in [-0.39, 0.29) is 0 Å². The van der Waals surface area contributed by atoms with Gasteiger partial charge in [0.05, 0.1) is 26.4 Å². The zero-order valence-corrected chi connectivity index (χ0v) is 19.6. The van der Waals surface area contributed by atoms with Crippen LogP contribution in [0.1, 0.15) is 77.0 Å². The Labute approximate surface area is 194 Å². The minimum absolute atomic E-state index is 0.769. The van der Waals surface area contributed by atoms with E-state index in [1.165, 1.54) is 51.4 Å². The molecule has 2 aromatic rings. The second-order valence-corrected chi connectivity index (χ2v) is 8.59. The van der Waals surface area contributed by atoms with E-state index in [2.05, 4.69) is 0 Å². The molecule has 0 amide bonds. The van der Waals surface area contributed by atoms with Gasteiger partial charge in [-0.15, -0.1) is 0 Å². The van der Waals surface area contributed by atoms with Gasteiger partial charge in [-0.3, -0.25) is 0 Å². The van der Waals surface area contributed by atoms with Gasteiger partial charge < -0.3 is 18.9 Å². The van der Waals surface area contributed by atoms with Crippen LogP contribution in [-0.4, -0.2) is 26.4 Å². The molecule has 0 spiro atoms. The first-order chi connectivity index (χ1) is 15.9. The van der Waals surface area contributed by atoms with E-state index < -0.39 is 0 Å². The van der Waals surface area contributed by atoms with Crippen molar-refractivity contribution in [1.29, 1.82) is 0 Å². The van der Waals surface area contributed by atoms with Gasteiger partial charge in [0.1, 0.15) is 23.0 Å². The van der Waals surface area contributed by atoms with Crippen molar-refractivity contribution in [3.63, 3.8) is 0 Å². The molecule has 0 N–H and O–H groups in total. The predicted octanol–water partition coefficient (Wildman–Crippen LogP) is 7.60. The third-order valence-corrected chi connectivity index (χ3v) is 5.76. The molecule has 2 aromatic carbocycles. The molecule has 0 fully saturated rings. The summed E-state index contributed by atoms with van der Waals surface area (Å²) in [5, 5.41) is 0. The molecule has 32 heavy (non-hydrogen) atoms. The van der Waals surface area contributed by atoms with Crippen molar-refractivity contribution in [1.82, 2.24) is 0 Å². The second kappa shape index (κ2) is 15.4. The van der Waals surface area contributed by atoms with E-state index in [1.54, 1.807) is 0 Å². The summed E-state index contributed by atoms with van der Waals surface area (Å²) in [5.74, 6) is 3.64. The van der Waals surface area contributed by atoms with Crippen LogP contribution in [0.4, 0.5) is 0 Å². The number of rotatable bonds is 0. The van der Waals surface area contributed by atoms with Crippen molar-refractivity contribution >= 4 is 0 Å². The Kier molecular flexibility index (Phi) is 11.7. The standard InChI is InChI=1S/C28H40O4/c1-2-6-10-20-30-26-16-14-18-28(24-26)32-22-12-8-4-3-7-11-21-31-27-17-13-15-25(23-27)29-19-9-5-1/h13-18,23-24H,1-12,19-22H2. The Bertz CT molecular complexity index is 628. The van der Waals surface area contributed by atoms with Gasteiger partial charge in [-0.2, -0.15) is 0 Å². The lowest BCUT2D eigenvalue weighted by atomic mass is 10.1. The van der Waals surface area contributed by atoms with Gasteiger partial charge in [0, 0.05) is 12.1 Å². The maximum absolute atomic E-state index is 5.92. The van der Waals surface area contributed by atoms with Crippen molar-refractivity contribution < 1.29 is 18.9 Å². The fourth-order valence-electron chi connectivity index (χ4n) is 3.89. The fourth-order valence-corrected chi connectivity index (χ4v) is 3.89. The van der Waals surface area contributed by atoms with Gasteiger partial charge in [0.2, 0.25) is 0 Å². The number of ether oxygens (including phenoxy) is 4. The maximum atomic E-state index is 5.92. The van der Waals surface area contributed by atoms with E-state index in [1.807, 2.05) is 48.5 Å². The van der Waals surface area contributed by atoms with Crippen molar-refractivity contribution in [3.05, 3.63) is 48.5 Å². The molecule has 0 saturated carbocycles. The molecule has 4 nitrogen and oxygen atoms in total. The average Bonchev–Trinajstić information content (AvgIpc) is 2.81. The molecule has 4 bridgehead atoms. The number of benzene rings is 2. The summed E-state index contributed by atoms with van der Waals surface area (Å²) in [7, 11) is 0. The van der Waals surface area contributed by atoms with Crippen LogP contribution in [0, 0.1) is 0 Å². The maximum Gasteiger partial charge on any atom is 0.122 e. The molecule has 1 heterocycles. The van der Waals surface area contributed by atoms with Crippen molar-refractivity contribution in [2.75, 3.05) is 26.4 Å². The minimum atomic E-state index is 0.769. The largest absolute Gasteiger partial charge is 0.493 e. The normalized spacial score (nSPS) is 18.2. The Balaban J connectivity index is 1.41. The first kappa shape index (κ1) is 24.3. The topological polar surface area (TPSA) is 36.9 Å². The molecule has 1 aliphatic heterocycles. The summed E-state index contributed by atoms with van der Waals surface area (Å²) in [5.41, 5.74) is 0. The Morgan fingerprint density at radius 1 is 0.344 bits per heavy atom. The van der Waals surface area contributed by atoms with Crippen molar-refractivity contribution in [2.45, 2.75) is 77.0 Å². The first-order valence-corrected chi connectivity index (χ1v) is 12.6. The summed E-state index contributed by atoms with van der Waals surface area (Å²) in [4.78, 5) is 0. The van der Waals surface area contributed by atoms with Crippen LogP contribution in [0.2, 0.25) is 0 Å². The average molecular weight is 441 g/mol. The van der Waals surface area contributed by atoms with Gasteiger partial charge in [0.15, 0.2) is 0 Å². The van der Waals surface area contributed by atoms with Crippen LogP contribution in [0.25, 0.3) is 0 Å². The minimum Gasteiger partial charge on any atom is -0.493 e. The Morgan fingerprint density at radius 3 is 0.875 bits per heavy atom. The first-order valence-electron chi connectivity index (χ1n) is 12.6. The highest BCUT2D eigenvalue weighted by Crippen LogP contribution is 2.22. The molecule has 4 heteroatoms. The second-order valence-electron chi connectivity index (χ2n) is 8.59. The molecule has 0 radical (unpaired) electrons. The van der Waals surface area contributed by atoms with E-state index in [9.17, 15) is 0 Å². The molecule has 176 valence electrons. The lowest BCUT2D eigenvalue weighted by molar-refractivity contribution is 0.283. The van der Waals surface area contributed by atoms with Crippen LogP contribution in [0.5, 0.6) is 23.0 Å². The molecule has 0 unspecified atom stereocenters. The summed E-state index contributed by atoms with van der Waals surface area (Å²) >= 11 is 0. The monoisotopic (exact) mass is 440 g/mol. The number of fused-ring (bicyclic) bond motifs is 4. The molecule has 0 aromatic heterocycles. The molecular weight excluding hydrogens is 400 g/mol. The molecule has 1 aliphatic rings. The molecule has 3 rings (SSSR count). The summed E-state index contributed by atoms with van der Waals surface area (Å²) in [6, 6.07) is 16.1. The van der Waals surface area contributed by atoms with E-state index >= 15 is 0 Å². The van der Waals surface area contributed by atoms with Gasteiger partial charge in [-0.25, -0.2) is 0 Å². The fraction of sp³-hybridized carbons (Fsp3) is 0.571. The summed E-state index contributed by atoms with van der Waals surface area (Å²) < 4.78 is 23.7. The van der Waals surface area contributed by atoms with Gasteiger partial charge in [0.25, 0.3) is 0 Å². The van der Waals surface area contributed by atoms with Crippen LogP contribution < -0.4 is 18.9 Å². The Morgan fingerprint density at radius 2 is 0.594 bits per heavy atom. The highest BCUT2D eigenvalue weighted by Gasteiger charge is 2.01. The molecule has 0 saturated heterocycles.